The summed E-state index contributed by atoms with van der Waals surface area (Å²) in [5.74, 6) is -1.91. The van der Waals surface area contributed by atoms with Gasteiger partial charge in [0.15, 0.2) is 0 Å². The number of benzene rings is 1. The molecule has 10 nitrogen and oxygen atoms in total. The lowest BCUT2D eigenvalue weighted by molar-refractivity contribution is -0.143. The Morgan fingerprint density at radius 3 is 2.26 bits per heavy atom. The van der Waals surface area contributed by atoms with Crippen LogP contribution in [0.1, 0.15) is 91.2 Å². The molecule has 0 spiro atoms. The van der Waals surface area contributed by atoms with Crippen LogP contribution in [0.4, 0.5) is 0 Å². The maximum atomic E-state index is 12.8. The number of hydrogen-bond donors (Lipinski definition) is 3. The molecule has 2 aliphatic heterocycles. The van der Waals surface area contributed by atoms with Gasteiger partial charge in [-0.15, -0.1) is 0 Å². The largest absolute Gasteiger partial charge is 0.347 e. The third-order valence-electron chi connectivity index (χ3n) is 7.69. The third kappa shape index (κ3) is 9.93. The van der Waals surface area contributed by atoms with Crippen molar-refractivity contribution < 1.29 is 24.0 Å². The van der Waals surface area contributed by atoms with Crippen LogP contribution in [-0.4, -0.2) is 77.0 Å². The average Bonchev–Trinajstić information content (AvgIpc) is 3.66. The van der Waals surface area contributed by atoms with Crippen LogP contribution in [0.25, 0.3) is 0 Å². The molecule has 1 saturated carbocycles. The van der Waals surface area contributed by atoms with E-state index in [4.69, 9.17) is 5.73 Å². The van der Waals surface area contributed by atoms with Crippen LogP contribution in [0.2, 0.25) is 0 Å². The van der Waals surface area contributed by atoms with Crippen molar-refractivity contribution in [2.24, 2.45) is 11.1 Å². The van der Waals surface area contributed by atoms with E-state index in [1.807, 2.05) is 52.5 Å². The molecular weight excluding hydrogens is 534 g/mol. The lowest BCUT2D eigenvalue weighted by Crippen LogP contribution is -2.57. The zero-order valence-corrected chi connectivity index (χ0v) is 26.3. The summed E-state index contributed by atoms with van der Waals surface area (Å²) >= 11 is 0. The molecule has 0 radical (unpaired) electrons. The van der Waals surface area contributed by atoms with Gasteiger partial charge in [-0.05, 0) is 55.1 Å². The maximum Gasteiger partial charge on any atom is 0.289 e. The molecule has 1 aromatic rings. The molecule has 0 bridgehead atoms. The molecule has 4 amide bonds. The zero-order valence-electron chi connectivity index (χ0n) is 26.3. The zero-order chi connectivity index (χ0) is 31.4. The summed E-state index contributed by atoms with van der Waals surface area (Å²) in [6.07, 6.45) is 5.95. The van der Waals surface area contributed by atoms with Gasteiger partial charge in [0, 0.05) is 25.7 Å². The molecule has 1 aliphatic carbocycles. The summed E-state index contributed by atoms with van der Waals surface area (Å²) in [6, 6.07) is 6.14. The second-order valence-electron chi connectivity index (χ2n) is 12.1. The second-order valence-corrected chi connectivity index (χ2v) is 12.1. The van der Waals surface area contributed by atoms with E-state index in [-0.39, 0.29) is 11.9 Å². The van der Waals surface area contributed by atoms with Crippen molar-refractivity contribution in [1.29, 1.82) is 0 Å². The summed E-state index contributed by atoms with van der Waals surface area (Å²) in [7, 11) is 0. The first-order chi connectivity index (χ1) is 20.0. The molecule has 1 aromatic carbocycles. The molecule has 1 saturated heterocycles. The minimum absolute atomic E-state index is 0.0799. The number of nitrogens with one attached hydrogen (secondary N) is 2. The highest BCUT2D eigenvalue weighted by molar-refractivity contribution is 6.38. The highest BCUT2D eigenvalue weighted by Gasteiger charge is 2.40. The van der Waals surface area contributed by atoms with Crippen LogP contribution in [0.5, 0.6) is 0 Å². The van der Waals surface area contributed by atoms with E-state index in [0.717, 1.165) is 38.8 Å². The number of ketones is 1. The van der Waals surface area contributed by atoms with Crippen molar-refractivity contribution >= 4 is 29.9 Å². The Balaban J connectivity index is 0.000000363. The van der Waals surface area contributed by atoms with E-state index in [0.29, 0.717) is 32.2 Å². The average molecular weight is 586 g/mol. The van der Waals surface area contributed by atoms with Crippen LogP contribution in [-0.2, 0) is 36.9 Å². The summed E-state index contributed by atoms with van der Waals surface area (Å²) in [4.78, 5) is 64.0. The first-order valence-corrected chi connectivity index (χ1v) is 15.4. The van der Waals surface area contributed by atoms with Crippen LogP contribution in [0.3, 0.4) is 0 Å². The number of carbonyl (C=O) groups is 5. The Bertz CT molecular complexity index is 1080. The van der Waals surface area contributed by atoms with Crippen LogP contribution in [0, 0.1) is 5.41 Å². The maximum absolute atomic E-state index is 12.8. The van der Waals surface area contributed by atoms with E-state index in [9.17, 15) is 24.0 Å². The minimum Gasteiger partial charge on any atom is -0.347 e. The first-order valence-electron chi connectivity index (χ1n) is 15.4. The fourth-order valence-electron chi connectivity index (χ4n) is 4.93. The van der Waals surface area contributed by atoms with Gasteiger partial charge in [0.25, 0.3) is 5.91 Å². The number of amides is 4. The van der Waals surface area contributed by atoms with E-state index in [2.05, 4.69) is 28.8 Å². The number of rotatable bonds is 9. The molecular formula is C32H51N5O5. The molecule has 4 N–H and O–H groups in total. The predicted octanol–water partition coefficient (Wildman–Crippen LogP) is 2.71. The monoisotopic (exact) mass is 585 g/mol. The Kier molecular flexibility index (Phi) is 13.6. The summed E-state index contributed by atoms with van der Waals surface area (Å²) in [5, 5.41) is 5.39. The quantitative estimate of drug-likeness (QED) is 0.301. The smallest absolute Gasteiger partial charge is 0.289 e. The number of nitrogens with zero attached hydrogens (tertiary/aromatic N) is 2. The van der Waals surface area contributed by atoms with Crippen molar-refractivity contribution in [3.05, 3.63) is 35.4 Å². The van der Waals surface area contributed by atoms with Gasteiger partial charge in [-0.1, -0.05) is 72.2 Å². The highest BCUT2D eigenvalue weighted by Crippen LogP contribution is 2.25. The number of hydrogen-bond acceptors (Lipinski definition) is 6. The summed E-state index contributed by atoms with van der Waals surface area (Å²) in [6.45, 7) is 13.6. The summed E-state index contributed by atoms with van der Waals surface area (Å²) in [5.41, 5.74) is 8.35. The molecule has 10 heteroatoms. The number of Topliss-reactive ketones (excluding diaryl/α,β-unsaturated/α-hetero) is 1. The lowest BCUT2D eigenvalue weighted by Gasteiger charge is -2.33. The molecule has 234 valence electrons. The number of carbonyl (C=O) groups excluding carboxylic acids is 5. The van der Waals surface area contributed by atoms with Crippen LogP contribution < -0.4 is 16.4 Å². The van der Waals surface area contributed by atoms with Crippen molar-refractivity contribution in [3.63, 3.8) is 0 Å². The van der Waals surface area contributed by atoms with Gasteiger partial charge in [0.05, 0.1) is 12.1 Å². The Morgan fingerprint density at radius 1 is 1.05 bits per heavy atom. The van der Waals surface area contributed by atoms with Crippen molar-refractivity contribution in [2.45, 2.75) is 117 Å². The normalized spacial score (nSPS) is 19.1. The van der Waals surface area contributed by atoms with Gasteiger partial charge >= 0.3 is 0 Å². The van der Waals surface area contributed by atoms with Gasteiger partial charge in [-0.2, -0.15) is 0 Å². The Hall–Kier alpha value is -3.27. The van der Waals surface area contributed by atoms with Gasteiger partial charge < -0.3 is 26.2 Å². The molecule has 3 aliphatic rings. The molecule has 2 fully saturated rings. The Labute approximate surface area is 251 Å². The lowest BCUT2D eigenvalue weighted by atomic mass is 9.86. The van der Waals surface area contributed by atoms with Gasteiger partial charge in [0.2, 0.25) is 24.0 Å². The fourth-order valence-corrected chi connectivity index (χ4v) is 4.93. The number of nitrogens with two attached hydrogens (primary N) is 1. The second kappa shape index (κ2) is 16.4. The standard InChI is InChI=1S/C20H34N4O4.C10H11NO.C2H6/c1-5-7-13(15(25)18(27)22-12-9-10-12)23-17(26)14-8-6-11-24(14)19(28)16(21)20(2,3)4;12-8-11-6-5-9-3-1-2-4-10(9)7-11;1-2/h12-14,16H,5-11,21H2,1-4H3,(H,22,27)(H,23,26);1-4,8H,5-7H2;1-2H3/t13?,14?,16-;;/m1../s1. The van der Waals surface area contributed by atoms with E-state index in [1.165, 1.54) is 16.0 Å². The van der Waals surface area contributed by atoms with Crippen molar-refractivity contribution in [1.82, 2.24) is 20.4 Å². The Morgan fingerprint density at radius 2 is 1.69 bits per heavy atom. The minimum atomic E-state index is -0.870. The topological polar surface area (TPSA) is 142 Å². The molecule has 4 rings (SSSR count). The van der Waals surface area contributed by atoms with Gasteiger partial charge in [-0.25, -0.2) is 0 Å². The van der Waals surface area contributed by atoms with E-state index in [1.54, 1.807) is 0 Å². The first kappa shape index (κ1) is 34.9. The third-order valence-corrected chi connectivity index (χ3v) is 7.69. The van der Waals surface area contributed by atoms with Crippen molar-refractivity contribution in [2.75, 3.05) is 13.1 Å². The van der Waals surface area contributed by atoms with Gasteiger partial charge in [0.1, 0.15) is 6.04 Å². The van der Waals surface area contributed by atoms with Gasteiger partial charge in [-0.3, -0.25) is 24.0 Å². The highest BCUT2D eigenvalue weighted by atomic mass is 16.2. The van der Waals surface area contributed by atoms with Crippen LogP contribution in [0.15, 0.2) is 24.3 Å². The molecule has 3 atom stereocenters. The SMILES string of the molecule is CC.CCCC(NC(=O)C1CCCN1C(=O)[C@@H](N)C(C)(C)C)C(=O)C(=O)NC1CC1.O=CN1CCc2ccccc2C1. The predicted molar refractivity (Wildman–Crippen MR) is 163 cm³/mol. The van der Waals surface area contributed by atoms with E-state index < -0.39 is 41.1 Å². The molecule has 2 unspecified atom stereocenters. The molecule has 42 heavy (non-hydrogen) atoms. The van der Waals surface area contributed by atoms with E-state index >= 15 is 0 Å². The number of likely N-dealkylation sites (tertiary alicyclic amines) is 1. The fraction of sp³-hybridized carbons (Fsp3) is 0.656. The molecule has 0 aromatic heterocycles. The van der Waals surface area contributed by atoms with Crippen molar-refractivity contribution in [3.8, 4) is 0 Å². The summed E-state index contributed by atoms with van der Waals surface area (Å²) < 4.78 is 0. The number of fused-ring (bicyclic) bond motifs is 1. The van der Waals surface area contributed by atoms with Crippen LogP contribution >= 0.6 is 0 Å². The molecule has 2 heterocycles.